The van der Waals surface area contributed by atoms with Gasteiger partial charge in [-0.15, -0.1) is 0 Å². The zero-order valence-corrected chi connectivity index (χ0v) is 11.1. The molecule has 0 saturated heterocycles. The molecule has 1 unspecified atom stereocenters. The average molecular weight is 244 g/mol. The van der Waals surface area contributed by atoms with Gasteiger partial charge in [0.1, 0.15) is 0 Å². The zero-order chi connectivity index (χ0) is 12.3. The molecule has 1 heterocycles. The second-order valence-electron chi connectivity index (χ2n) is 4.73. The smallest absolute Gasteiger partial charge is 0.229 e. The minimum atomic E-state index is 0.124. The molecule has 1 aromatic rings. The van der Waals surface area contributed by atoms with Gasteiger partial charge in [0.25, 0.3) is 0 Å². The van der Waals surface area contributed by atoms with Crippen LogP contribution in [0.15, 0.2) is 0 Å². The summed E-state index contributed by atoms with van der Waals surface area (Å²) in [7, 11) is 1.74. The van der Waals surface area contributed by atoms with Crippen LogP contribution in [0.3, 0.4) is 0 Å². The number of nitrogens with zero attached hydrogens (tertiary/aromatic N) is 3. The van der Waals surface area contributed by atoms with Crippen molar-refractivity contribution < 1.29 is 0 Å². The van der Waals surface area contributed by atoms with Crippen LogP contribution in [0.1, 0.15) is 27.7 Å². The SMILES string of the molecule is CNc1nc(Cl)nc(NC(C)C(C)(C)C)n1. The molecule has 2 N–H and O–H groups in total. The Bertz CT molecular complexity index is 361. The zero-order valence-electron chi connectivity index (χ0n) is 10.3. The molecule has 0 spiro atoms. The number of hydrogen-bond donors (Lipinski definition) is 2. The van der Waals surface area contributed by atoms with Crippen LogP contribution in [0.25, 0.3) is 0 Å². The lowest BCUT2D eigenvalue weighted by Gasteiger charge is -2.28. The summed E-state index contributed by atoms with van der Waals surface area (Å²) in [4.78, 5) is 12.1. The largest absolute Gasteiger partial charge is 0.357 e. The first-order chi connectivity index (χ1) is 7.32. The molecular formula is C10H18ClN5. The van der Waals surface area contributed by atoms with Crippen molar-refractivity contribution in [2.24, 2.45) is 5.41 Å². The molecule has 0 fully saturated rings. The third-order valence-corrected chi connectivity index (χ3v) is 2.65. The van der Waals surface area contributed by atoms with Gasteiger partial charge in [0.15, 0.2) is 0 Å². The standard InChI is InChI=1S/C10H18ClN5/c1-6(10(2,3)4)13-9-15-7(11)14-8(12-5)16-9/h6H,1-5H3,(H2,12,13,14,15,16). The number of aromatic nitrogens is 3. The summed E-state index contributed by atoms with van der Waals surface area (Å²) >= 11 is 5.78. The van der Waals surface area contributed by atoms with Crippen LogP contribution in [0.4, 0.5) is 11.9 Å². The number of rotatable bonds is 3. The third-order valence-electron chi connectivity index (χ3n) is 2.48. The van der Waals surface area contributed by atoms with E-state index in [9.17, 15) is 0 Å². The average Bonchev–Trinajstić information content (AvgIpc) is 2.15. The Morgan fingerprint density at radius 3 is 2.19 bits per heavy atom. The van der Waals surface area contributed by atoms with E-state index in [0.29, 0.717) is 11.9 Å². The van der Waals surface area contributed by atoms with Crippen LogP contribution < -0.4 is 10.6 Å². The first-order valence-electron chi connectivity index (χ1n) is 5.19. The summed E-state index contributed by atoms with van der Waals surface area (Å²) in [6.45, 7) is 8.52. The Kier molecular flexibility index (Phi) is 3.91. The van der Waals surface area contributed by atoms with Crippen LogP contribution in [0, 0.1) is 5.41 Å². The maximum absolute atomic E-state index is 5.78. The van der Waals surface area contributed by atoms with Crippen molar-refractivity contribution in [3.05, 3.63) is 5.28 Å². The van der Waals surface area contributed by atoms with Gasteiger partial charge in [0.2, 0.25) is 17.2 Å². The molecule has 90 valence electrons. The van der Waals surface area contributed by atoms with Crippen molar-refractivity contribution in [3.8, 4) is 0 Å². The van der Waals surface area contributed by atoms with Gasteiger partial charge in [-0.05, 0) is 23.9 Å². The van der Waals surface area contributed by atoms with E-state index < -0.39 is 0 Å². The highest BCUT2D eigenvalue weighted by Gasteiger charge is 2.20. The van der Waals surface area contributed by atoms with Crippen LogP contribution in [0.2, 0.25) is 5.28 Å². The van der Waals surface area contributed by atoms with Gasteiger partial charge in [0.05, 0.1) is 0 Å². The monoisotopic (exact) mass is 243 g/mol. The minimum absolute atomic E-state index is 0.124. The van der Waals surface area contributed by atoms with E-state index in [4.69, 9.17) is 11.6 Å². The van der Waals surface area contributed by atoms with Crippen LogP contribution in [0.5, 0.6) is 0 Å². The Balaban J connectivity index is 2.85. The predicted molar refractivity (Wildman–Crippen MR) is 66.9 cm³/mol. The first-order valence-corrected chi connectivity index (χ1v) is 5.56. The number of hydrogen-bond acceptors (Lipinski definition) is 5. The first kappa shape index (κ1) is 13.0. The van der Waals surface area contributed by atoms with E-state index in [2.05, 4.69) is 53.3 Å². The summed E-state index contributed by atoms with van der Waals surface area (Å²) < 4.78 is 0. The second kappa shape index (κ2) is 4.82. The molecule has 0 saturated carbocycles. The molecule has 1 atom stereocenters. The Morgan fingerprint density at radius 2 is 1.69 bits per heavy atom. The van der Waals surface area contributed by atoms with Gasteiger partial charge in [-0.2, -0.15) is 15.0 Å². The van der Waals surface area contributed by atoms with Crippen molar-refractivity contribution in [1.82, 2.24) is 15.0 Å². The Labute approximate surface area is 101 Å². The van der Waals surface area contributed by atoms with E-state index in [1.165, 1.54) is 0 Å². The van der Waals surface area contributed by atoms with Gasteiger partial charge in [-0.25, -0.2) is 0 Å². The molecule has 0 aliphatic heterocycles. The molecule has 0 aromatic carbocycles. The van der Waals surface area contributed by atoms with Gasteiger partial charge < -0.3 is 10.6 Å². The molecule has 1 aromatic heterocycles. The molecule has 6 heteroatoms. The van der Waals surface area contributed by atoms with Crippen molar-refractivity contribution >= 4 is 23.5 Å². The van der Waals surface area contributed by atoms with E-state index >= 15 is 0 Å². The fourth-order valence-electron chi connectivity index (χ4n) is 0.937. The molecular weight excluding hydrogens is 226 g/mol. The Hall–Kier alpha value is -1.10. The van der Waals surface area contributed by atoms with Gasteiger partial charge >= 0.3 is 0 Å². The predicted octanol–water partition coefficient (Wildman–Crippen LogP) is 2.41. The highest BCUT2D eigenvalue weighted by atomic mass is 35.5. The lowest BCUT2D eigenvalue weighted by Crippen LogP contribution is -2.31. The second-order valence-corrected chi connectivity index (χ2v) is 5.07. The molecule has 0 aliphatic carbocycles. The molecule has 16 heavy (non-hydrogen) atoms. The third kappa shape index (κ3) is 3.48. The maximum Gasteiger partial charge on any atom is 0.229 e. The molecule has 0 amide bonds. The van der Waals surface area contributed by atoms with Gasteiger partial charge in [-0.3, -0.25) is 0 Å². The molecule has 0 aliphatic rings. The summed E-state index contributed by atoms with van der Waals surface area (Å²) in [6, 6.07) is 0.232. The van der Waals surface area contributed by atoms with Gasteiger partial charge in [-0.1, -0.05) is 20.8 Å². The highest BCUT2D eigenvalue weighted by Crippen LogP contribution is 2.21. The normalized spacial score (nSPS) is 13.4. The van der Waals surface area contributed by atoms with Gasteiger partial charge in [0, 0.05) is 13.1 Å². The van der Waals surface area contributed by atoms with Crippen molar-refractivity contribution in [3.63, 3.8) is 0 Å². The quantitative estimate of drug-likeness (QED) is 0.854. The lowest BCUT2D eigenvalue weighted by molar-refractivity contribution is 0.358. The topological polar surface area (TPSA) is 62.7 Å². The fraction of sp³-hybridized carbons (Fsp3) is 0.700. The fourth-order valence-corrected chi connectivity index (χ4v) is 1.10. The van der Waals surface area contributed by atoms with Crippen LogP contribution in [-0.4, -0.2) is 28.0 Å². The van der Waals surface area contributed by atoms with Crippen LogP contribution in [-0.2, 0) is 0 Å². The number of anilines is 2. The number of nitrogens with one attached hydrogen (secondary N) is 2. The van der Waals surface area contributed by atoms with Crippen molar-refractivity contribution in [2.45, 2.75) is 33.7 Å². The van der Waals surface area contributed by atoms with E-state index in [-0.39, 0.29) is 16.7 Å². The van der Waals surface area contributed by atoms with E-state index in [1.807, 2.05) is 0 Å². The lowest BCUT2D eigenvalue weighted by atomic mass is 9.88. The maximum atomic E-state index is 5.78. The van der Waals surface area contributed by atoms with Crippen molar-refractivity contribution in [1.29, 1.82) is 0 Å². The summed E-state index contributed by atoms with van der Waals surface area (Å²) in [5.74, 6) is 0.954. The Morgan fingerprint density at radius 1 is 1.12 bits per heavy atom. The highest BCUT2D eigenvalue weighted by molar-refractivity contribution is 6.28. The summed E-state index contributed by atoms with van der Waals surface area (Å²) in [5.41, 5.74) is 0.124. The molecule has 0 bridgehead atoms. The summed E-state index contributed by atoms with van der Waals surface area (Å²) in [6.07, 6.45) is 0. The summed E-state index contributed by atoms with van der Waals surface area (Å²) in [5, 5.41) is 6.23. The molecule has 5 nitrogen and oxygen atoms in total. The van der Waals surface area contributed by atoms with Crippen LogP contribution >= 0.6 is 11.6 Å². The number of halogens is 1. The molecule has 0 radical (unpaired) electrons. The van der Waals surface area contributed by atoms with Crippen molar-refractivity contribution in [2.75, 3.05) is 17.7 Å². The van der Waals surface area contributed by atoms with E-state index in [0.717, 1.165) is 0 Å². The van der Waals surface area contributed by atoms with E-state index in [1.54, 1.807) is 7.05 Å². The molecule has 1 rings (SSSR count). The minimum Gasteiger partial charge on any atom is -0.357 e.